The minimum Gasteiger partial charge on any atom is -0.357 e. The van der Waals surface area contributed by atoms with Crippen LogP contribution in [0.5, 0.6) is 0 Å². The number of benzene rings is 1. The Kier molecular flexibility index (Phi) is 9.87. The SMILES string of the molecule is CCNC(=NCc1cccs1)NCC1CCN(S(=O)(=O)c2ccccc2)CC1.I. The summed E-state index contributed by atoms with van der Waals surface area (Å²) in [5.74, 6) is 1.25. The summed E-state index contributed by atoms with van der Waals surface area (Å²) < 4.78 is 27.1. The quantitative estimate of drug-likeness (QED) is 0.316. The average Bonchev–Trinajstić information content (AvgIpc) is 3.25. The molecule has 1 aromatic heterocycles. The van der Waals surface area contributed by atoms with Gasteiger partial charge in [-0.3, -0.25) is 0 Å². The van der Waals surface area contributed by atoms with E-state index in [9.17, 15) is 8.42 Å². The molecular weight excluding hydrogens is 519 g/mol. The highest BCUT2D eigenvalue weighted by molar-refractivity contribution is 14.0. The molecule has 29 heavy (non-hydrogen) atoms. The Balaban J connectivity index is 0.00000300. The van der Waals surface area contributed by atoms with Crippen molar-refractivity contribution in [1.82, 2.24) is 14.9 Å². The molecule has 0 amide bonds. The van der Waals surface area contributed by atoms with E-state index in [1.165, 1.54) is 4.88 Å². The first kappa shape index (κ1) is 24.1. The molecule has 2 aromatic rings. The van der Waals surface area contributed by atoms with Crippen LogP contribution in [0, 0.1) is 5.92 Å². The van der Waals surface area contributed by atoms with Gasteiger partial charge in [-0.15, -0.1) is 35.3 Å². The number of hydrogen-bond acceptors (Lipinski definition) is 4. The summed E-state index contributed by atoms with van der Waals surface area (Å²) in [6.07, 6.45) is 1.70. The second-order valence-electron chi connectivity index (χ2n) is 6.82. The fourth-order valence-electron chi connectivity index (χ4n) is 3.24. The van der Waals surface area contributed by atoms with Crippen molar-refractivity contribution in [2.45, 2.75) is 31.2 Å². The van der Waals surface area contributed by atoms with Crippen molar-refractivity contribution in [1.29, 1.82) is 0 Å². The first-order valence-electron chi connectivity index (χ1n) is 9.69. The average molecular weight is 549 g/mol. The Labute approximate surface area is 194 Å². The van der Waals surface area contributed by atoms with Gasteiger partial charge in [-0.1, -0.05) is 24.3 Å². The summed E-state index contributed by atoms with van der Waals surface area (Å²) in [6.45, 7) is 5.45. The van der Waals surface area contributed by atoms with Gasteiger partial charge < -0.3 is 10.6 Å². The largest absolute Gasteiger partial charge is 0.357 e. The molecule has 2 heterocycles. The number of piperidine rings is 1. The molecule has 1 saturated heterocycles. The van der Waals surface area contributed by atoms with E-state index in [1.807, 2.05) is 12.1 Å². The standard InChI is InChI=1S/C20H28N4O2S2.HI/c1-2-21-20(23-16-18-7-6-14-27-18)22-15-17-10-12-24(13-11-17)28(25,26)19-8-4-3-5-9-19;/h3-9,14,17H,2,10-13,15-16H2,1H3,(H2,21,22,23);1H. The number of sulfonamides is 1. The third-order valence-electron chi connectivity index (χ3n) is 4.83. The molecule has 0 spiro atoms. The Morgan fingerprint density at radius 3 is 2.48 bits per heavy atom. The molecule has 1 aromatic carbocycles. The van der Waals surface area contributed by atoms with Crippen molar-refractivity contribution in [3.63, 3.8) is 0 Å². The molecule has 1 aliphatic heterocycles. The maximum Gasteiger partial charge on any atom is 0.243 e. The molecule has 0 bridgehead atoms. The third-order valence-corrected chi connectivity index (χ3v) is 7.60. The summed E-state index contributed by atoms with van der Waals surface area (Å²) in [5.41, 5.74) is 0. The van der Waals surface area contributed by atoms with Crippen molar-refractivity contribution >= 4 is 51.3 Å². The fourth-order valence-corrected chi connectivity index (χ4v) is 5.36. The monoisotopic (exact) mass is 548 g/mol. The Bertz CT molecular complexity index is 850. The first-order valence-corrected chi connectivity index (χ1v) is 12.0. The summed E-state index contributed by atoms with van der Waals surface area (Å²) in [6, 6.07) is 12.8. The highest BCUT2D eigenvalue weighted by atomic mass is 127. The van der Waals surface area contributed by atoms with Gasteiger partial charge in [0.15, 0.2) is 5.96 Å². The lowest BCUT2D eigenvalue weighted by atomic mass is 9.98. The van der Waals surface area contributed by atoms with Crippen LogP contribution in [0.2, 0.25) is 0 Å². The smallest absolute Gasteiger partial charge is 0.243 e. The fraction of sp³-hybridized carbons (Fsp3) is 0.450. The van der Waals surface area contributed by atoms with E-state index in [4.69, 9.17) is 0 Å². The van der Waals surface area contributed by atoms with Crippen molar-refractivity contribution in [3.05, 3.63) is 52.7 Å². The highest BCUT2D eigenvalue weighted by Gasteiger charge is 2.29. The molecule has 0 radical (unpaired) electrons. The molecule has 1 fully saturated rings. The Morgan fingerprint density at radius 2 is 1.86 bits per heavy atom. The van der Waals surface area contributed by atoms with Crippen LogP contribution in [-0.4, -0.2) is 44.9 Å². The Hall–Kier alpha value is -1.17. The van der Waals surface area contributed by atoms with Gasteiger partial charge in [0.05, 0.1) is 11.4 Å². The zero-order chi connectivity index (χ0) is 19.8. The maximum atomic E-state index is 12.7. The van der Waals surface area contributed by atoms with Crippen molar-refractivity contribution in [2.75, 3.05) is 26.2 Å². The van der Waals surface area contributed by atoms with Gasteiger partial charge >= 0.3 is 0 Å². The van der Waals surface area contributed by atoms with E-state index in [1.54, 1.807) is 39.9 Å². The Morgan fingerprint density at radius 1 is 1.14 bits per heavy atom. The summed E-state index contributed by atoms with van der Waals surface area (Å²) in [7, 11) is -3.38. The molecule has 0 unspecified atom stereocenters. The van der Waals surface area contributed by atoms with E-state index in [-0.39, 0.29) is 24.0 Å². The van der Waals surface area contributed by atoms with E-state index < -0.39 is 10.0 Å². The predicted octanol–water partition coefficient (Wildman–Crippen LogP) is 3.52. The third kappa shape index (κ3) is 6.94. The van der Waals surface area contributed by atoms with E-state index in [2.05, 4.69) is 34.0 Å². The molecule has 3 rings (SSSR count). The van der Waals surface area contributed by atoms with E-state index >= 15 is 0 Å². The minimum absolute atomic E-state index is 0. The van der Waals surface area contributed by atoms with Gasteiger partial charge in [0.1, 0.15) is 0 Å². The normalized spacial score (nSPS) is 16.2. The number of hydrogen-bond donors (Lipinski definition) is 2. The molecule has 1 aliphatic rings. The number of thiophene rings is 1. The molecule has 0 saturated carbocycles. The van der Waals surface area contributed by atoms with Crippen LogP contribution in [0.15, 0.2) is 57.7 Å². The highest BCUT2D eigenvalue weighted by Crippen LogP contribution is 2.23. The second kappa shape index (κ2) is 11.9. The van der Waals surface area contributed by atoms with E-state index in [0.29, 0.717) is 30.4 Å². The molecule has 6 nitrogen and oxygen atoms in total. The number of guanidine groups is 1. The molecule has 160 valence electrons. The maximum absolute atomic E-state index is 12.7. The van der Waals surface area contributed by atoms with Crippen molar-refractivity contribution in [3.8, 4) is 0 Å². The summed E-state index contributed by atoms with van der Waals surface area (Å²) in [4.78, 5) is 6.24. The van der Waals surface area contributed by atoms with Crippen LogP contribution in [0.3, 0.4) is 0 Å². The van der Waals surface area contributed by atoms with Gasteiger partial charge in [-0.05, 0) is 49.3 Å². The van der Waals surface area contributed by atoms with Crippen molar-refractivity contribution < 1.29 is 8.42 Å². The molecular formula is C20H29IN4O2S2. The second-order valence-corrected chi connectivity index (χ2v) is 9.79. The van der Waals surface area contributed by atoms with Crippen LogP contribution in [0.4, 0.5) is 0 Å². The summed E-state index contributed by atoms with van der Waals surface area (Å²) >= 11 is 1.70. The van der Waals surface area contributed by atoms with Crippen LogP contribution in [0.1, 0.15) is 24.6 Å². The summed E-state index contributed by atoms with van der Waals surface area (Å²) in [5, 5.41) is 8.75. The van der Waals surface area contributed by atoms with Gasteiger partial charge in [0.2, 0.25) is 10.0 Å². The predicted molar refractivity (Wildman–Crippen MR) is 130 cm³/mol. The van der Waals surface area contributed by atoms with E-state index in [0.717, 1.165) is 31.9 Å². The zero-order valence-electron chi connectivity index (χ0n) is 16.6. The molecule has 9 heteroatoms. The van der Waals surface area contributed by atoms with Crippen molar-refractivity contribution in [2.24, 2.45) is 10.9 Å². The van der Waals surface area contributed by atoms with Crippen LogP contribution >= 0.6 is 35.3 Å². The number of halogens is 1. The topological polar surface area (TPSA) is 73.8 Å². The molecule has 0 aliphatic carbocycles. The first-order chi connectivity index (χ1) is 13.6. The lowest BCUT2D eigenvalue weighted by molar-refractivity contribution is 0.273. The van der Waals surface area contributed by atoms with Crippen LogP contribution in [-0.2, 0) is 16.6 Å². The number of nitrogens with zero attached hydrogens (tertiary/aromatic N) is 2. The zero-order valence-corrected chi connectivity index (χ0v) is 20.5. The van der Waals surface area contributed by atoms with Crippen LogP contribution in [0.25, 0.3) is 0 Å². The lowest BCUT2D eigenvalue weighted by Gasteiger charge is -2.31. The van der Waals surface area contributed by atoms with Crippen LogP contribution < -0.4 is 10.6 Å². The minimum atomic E-state index is -3.38. The number of aliphatic imine (C=N–C) groups is 1. The van der Waals surface area contributed by atoms with Gasteiger partial charge in [0.25, 0.3) is 0 Å². The van der Waals surface area contributed by atoms with Gasteiger partial charge in [0, 0.05) is 31.1 Å². The molecule has 0 atom stereocenters. The van der Waals surface area contributed by atoms with Gasteiger partial charge in [-0.2, -0.15) is 4.31 Å². The number of rotatable bonds is 7. The number of nitrogens with one attached hydrogen (secondary N) is 2. The molecule has 2 N–H and O–H groups in total. The van der Waals surface area contributed by atoms with Gasteiger partial charge in [-0.25, -0.2) is 13.4 Å². The lowest BCUT2D eigenvalue weighted by Crippen LogP contribution is -2.44.